The van der Waals surface area contributed by atoms with Gasteiger partial charge in [0.15, 0.2) is 0 Å². The summed E-state index contributed by atoms with van der Waals surface area (Å²) in [5.74, 6) is -0.222. The van der Waals surface area contributed by atoms with Crippen molar-refractivity contribution in [3.05, 3.63) is 66.9 Å². The first-order chi connectivity index (χ1) is 9.83. The van der Waals surface area contributed by atoms with E-state index in [0.29, 0.717) is 11.4 Å². The summed E-state index contributed by atoms with van der Waals surface area (Å²) < 4.78 is 0. The SMILES string of the molecule is O=C(Nc1cccc(-c2ccccn2)c1)c1cnc[nH]1. The third kappa shape index (κ3) is 2.56. The molecule has 98 valence electrons. The predicted octanol–water partition coefficient (Wildman–Crippen LogP) is 2.72. The van der Waals surface area contributed by atoms with Crippen molar-refractivity contribution in [2.24, 2.45) is 0 Å². The van der Waals surface area contributed by atoms with Crippen LogP contribution in [-0.4, -0.2) is 20.9 Å². The molecule has 0 bridgehead atoms. The van der Waals surface area contributed by atoms with E-state index in [4.69, 9.17) is 0 Å². The molecule has 0 atom stereocenters. The van der Waals surface area contributed by atoms with Crippen LogP contribution in [0.1, 0.15) is 10.5 Å². The molecule has 1 aromatic carbocycles. The predicted molar refractivity (Wildman–Crippen MR) is 76.2 cm³/mol. The standard InChI is InChI=1S/C15H12N4O/c20-15(14-9-16-10-18-14)19-12-5-3-4-11(8-12)13-6-1-2-7-17-13/h1-10H,(H,16,18)(H,19,20). The van der Waals surface area contributed by atoms with E-state index < -0.39 is 0 Å². The van der Waals surface area contributed by atoms with E-state index >= 15 is 0 Å². The Labute approximate surface area is 115 Å². The van der Waals surface area contributed by atoms with Gasteiger partial charge in [0, 0.05) is 17.4 Å². The summed E-state index contributed by atoms with van der Waals surface area (Å²) in [6.45, 7) is 0. The van der Waals surface area contributed by atoms with Gasteiger partial charge in [0.2, 0.25) is 0 Å². The van der Waals surface area contributed by atoms with Crippen LogP contribution in [0.15, 0.2) is 61.2 Å². The second kappa shape index (κ2) is 5.36. The summed E-state index contributed by atoms with van der Waals surface area (Å²) >= 11 is 0. The maximum atomic E-state index is 11.9. The number of nitrogens with zero attached hydrogens (tertiary/aromatic N) is 2. The lowest BCUT2D eigenvalue weighted by molar-refractivity contribution is 0.102. The molecule has 0 aliphatic carbocycles. The van der Waals surface area contributed by atoms with Crippen molar-refractivity contribution in [2.75, 3.05) is 5.32 Å². The summed E-state index contributed by atoms with van der Waals surface area (Å²) in [6, 6.07) is 13.3. The minimum atomic E-state index is -0.222. The fraction of sp³-hybridized carbons (Fsp3) is 0. The highest BCUT2D eigenvalue weighted by molar-refractivity contribution is 6.02. The normalized spacial score (nSPS) is 10.2. The van der Waals surface area contributed by atoms with Crippen molar-refractivity contribution >= 4 is 11.6 Å². The van der Waals surface area contributed by atoms with Crippen LogP contribution in [0.5, 0.6) is 0 Å². The zero-order valence-corrected chi connectivity index (χ0v) is 10.6. The topological polar surface area (TPSA) is 70.7 Å². The Balaban J connectivity index is 1.83. The Kier molecular flexibility index (Phi) is 3.24. The van der Waals surface area contributed by atoms with E-state index in [2.05, 4.69) is 20.3 Å². The van der Waals surface area contributed by atoms with E-state index in [1.807, 2.05) is 42.5 Å². The number of carbonyl (C=O) groups excluding carboxylic acids is 1. The van der Waals surface area contributed by atoms with Crippen molar-refractivity contribution in [1.82, 2.24) is 15.0 Å². The fourth-order valence-corrected chi connectivity index (χ4v) is 1.87. The van der Waals surface area contributed by atoms with Gasteiger partial charge in [-0.1, -0.05) is 18.2 Å². The molecule has 5 heteroatoms. The smallest absolute Gasteiger partial charge is 0.273 e. The van der Waals surface area contributed by atoms with Gasteiger partial charge in [0.25, 0.3) is 5.91 Å². The zero-order valence-electron chi connectivity index (χ0n) is 10.6. The lowest BCUT2D eigenvalue weighted by Gasteiger charge is -2.06. The van der Waals surface area contributed by atoms with Crippen molar-refractivity contribution in [3.63, 3.8) is 0 Å². The average Bonchev–Trinajstić information content (AvgIpc) is 3.03. The van der Waals surface area contributed by atoms with Crippen LogP contribution >= 0.6 is 0 Å². The number of hydrogen-bond donors (Lipinski definition) is 2. The number of anilines is 1. The van der Waals surface area contributed by atoms with Gasteiger partial charge < -0.3 is 10.3 Å². The maximum absolute atomic E-state index is 11.9. The molecule has 0 unspecified atom stereocenters. The molecule has 2 heterocycles. The average molecular weight is 264 g/mol. The van der Waals surface area contributed by atoms with Gasteiger partial charge in [-0.2, -0.15) is 0 Å². The number of imidazole rings is 1. The maximum Gasteiger partial charge on any atom is 0.273 e. The highest BCUT2D eigenvalue weighted by Gasteiger charge is 2.07. The first kappa shape index (κ1) is 12.1. The number of rotatable bonds is 3. The van der Waals surface area contributed by atoms with Gasteiger partial charge in [-0.05, 0) is 24.3 Å². The number of aromatic amines is 1. The molecule has 20 heavy (non-hydrogen) atoms. The van der Waals surface area contributed by atoms with Crippen LogP contribution in [0.3, 0.4) is 0 Å². The third-order valence-corrected chi connectivity index (χ3v) is 2.82. The molecule has 0 saturated carbocycles. The summed E-state index contributed by atoms with van der Waals surface area (Å²) in [5.41, 5.74) is 2.96. The largest absolute Gasteiger partial charge is 0.341 e. The Hall–Kier alpha value is -2.95. The minimum Gasteiger partial charge on any atom is -0.341 e. The number of carbonyl (C=O) groups is 1. The molecule has 1 amide bonds. The summed E-state index contributed by atoms with van der Waals surface area (Å²) in [6.07, 6.45) is 4.70. The molecule has 0 fully saturated rings. The number of H-pyrrole nitrogens is 1. The highest BCUT2D eigenvalue weighted by Crippen LogP contribution is 2.20. The van der Waals surface area contributed by atoms with E-state index in [0.717, 1.165) is 11.3 Å². The number of nitrogens with one attached hydrogen (secondary N) is 2. The van der Waals surface area contributed by atoms with Crippen molar-refractivity contribution < 1.29 is 4.79 Å². The van der Waals surface area contributed by atoms with Crippen molar-refractivity contribution in [1.29, 1.82) is 0 Å². The van der Waals surface area contributed by atoms with E-state index in [1.54, 1.807) is 6.20 Å². The molecule has 3 rings (SSSR count). The fourth-order valence-electron chi connectivity index (χ4n) is 1.87. The van der Waals surface area contributed by atoms with Gasteiger partial charge in [-0.25, -0.2) is 4.98 Å². The molecule has 0 radical (unpaired) electrons. The molecule has 2 aromatic heterocycles. The summed E-state index contributed by atoms with van der Waals surface area (Å²) in [4.78, 5) is 22.8. The Morgan fingerprint density at radius 1 is 1.15 bits per heavy atom. The quantitative estimate of drug-likeness (QED) is 0.764. The number of amides is 1. The minimum absolute atomic E-state index is 0.222. The molecule has 3 aromatic rings. The molecule has 0 aliphatic rings. The van der Waals surface area contributed by atoms with Gasteiger partial charge in [0.05, 0.1) is 18.2 Å². The highest BCUT2D eigenvalue weighted by atomic mass is 16.1. The van der Waals surface area contributed by atoms with Gasteiger partial charge >= 0.3 is 0 Å². The molecule has 0 aliphatic heterocycles. The first-order valence-corrected chi connectivity index (χ1v) is 6.14. The van der Waals surface area contributed by atoms with Crippen LogP contribution in [0.25, 0.3) is 11.3 Å². The van der Waals surface area contributed by atoms with Gasteiger partial charge in [0.1, 0.15) is 5.69 Å². The molecule has 2 N–H and O–H groups in total. The first-order valence-electron chi connectivity index (χ1n) is 6.14. The summed E-state index contributed by atoms with van der Waals surface area (Å²) in [5, 5.41) is 2.82. The summed E-state index contributed by atoms with van der Waals surface area (Å²) in [7, 11) is 0. The van der Waals surface area contributed by atoms with Crippen LogP contribution in [-0.2, 0) is 0 Å². The number of pyridine rings is 1. The van der Waals surface area contributed by atoms with E-state index in [-0.39, 0.29) is 5.91 Å². The third-order valence-electron chi connectivity index (χ3n) is 2.82. The molecule has 5 nitrogen and oxygen atoms in total. The second-order valence-corrected chi connectivity index (χ2v) is 4.22. The van der Waals surface area contributed by atoms with Crippen molar-refractivity contribution in [2.45, 2.75) is 0 Å². The zero-order chi connectivity index (χ0) is 13.8. The van der Waals surface area contributed by atoms with Crippen molar-refractivity contribution in [3.8, 4) is 11.3 Å². The van der Waals surface area contributed by atoms with E-state index in [9.17, 15) is 4.79 Å². The number of hydrogen-bond acceptors (Lipinski definition) is 3. The second-order valence-electron chi connectivity index (χ2n) is 4.22. The Bertz CT molecular complexity index is 708. The van der Waals surface area contributed by atoms with Gasteiger partial charge in [-0.3, -0.25) is 9.78 Å². The molecular weight excluding hydrogens is 252 g/mol. The van der Waals surface area contributed by atoms with Crippen LogP contribution in [0.4, 0.5) is 5.69 Å². The number of aromatic nitrogens is 3. The van der Waals surface area contributed by atoms with Crippen LogP contribution in [0, 0.1) is 0 Å². The molecule has 0 spiro atoms. The Morgan fingerprint density at radius 3 is 2.85 bits per heavy atom. The monoisotopic (exact) mass is 264 g/mol. The lowest BCUT2D eigenvalue weighted by atomic mass is 10.1. The molecular formula is C15H12N4O. The Morgan fingerprint density at radius 2 is 2.10 bits per heavy atom. The molecule has 0 saturated heterocycles. The van der Waals surface area contributed by atoms with Crippen LogP contribution < -0.4 is 5.32 Å². The van der Waals surface area contributed by atoms with Gasteiger partial charge in [-0.15, -0.1) is 0 Å². The lowest BCUT2D eigenvalue weighted by Crippen LogP contribution is -2.12. The van der Waals surface area contributed by atoms with E-state index in [1.165, 1.54) is 12.5 Å². The number of benzene rings is 1. The van der Waals surface area contributed by atoms with Crippen LogP contribution in [0.2, 0.25) is 0 Å².